The zero-order valence-electron chi connectivity index (χ0n) is 6.21. The molecule has 1 aromatic carbocycles. The number of hydrogen-bond acceptors (Lipinski definition) is 2. The summed E-state index contributed by atoms with van der Waals surface area (Å²) in [6.45, 7) is 0. The zero-order chi connectivity index (χ0) is 8.97. The van der Waals surface area contributed by atoms with Gasteiger partial charge in [0.05, 0.1) is 0 Å². The van der Waals surface area contributed by atoms with Gasteiger partial charge in [-0.15, -0.1) is 4.91 Å². The van der Waals surface area contributed by atoms with E-state index in [0.717, 1.165) is 16.5 Å². The molecule has 2 nitrogen and oxygen atoms in total. The van der Waals surface area contributed by atoms with Crippen LogP contribution in [-0.2, 0) is 5.33 Å². The van der Waals surface area contributed by atoms with Gasteiger partial charge in [0, 0.05) is 5.33 Å². The summed E-state index contributed by atoms with van der Waals surface area (Å²) in [5, 5.41) is 3.49. The Balaban J connectivity index is 2.93. The summed E-state index contributed by atoms with van der Waals surface area (Å²) >= 11 is 8.94. The first-order valence-electron chi connectivity index (χ1n) is 3.39. The zero-order valence-corrected chi connectivity index (χ0v) is 8.55. The second-order valence-electron chi connectivity index (χ2n) is 2.32. The molecule has 0 aliphatic heterocycles. The first-order valence-corrected chi connectivity index (χ1v) is 4.95. The minimum Gasteiger partial charge on any atom is -0.149 e. The van der Waals surface area contributed by atoms with E-state index in [2.05, 4.69) is 21.1 Å². The molecule has 0 amide bonds. The lowest BCUT2D eigenvalue weighted by atomic mass is 10.1. The first kappa shape index (κ1) is 9.68. The van der Waals surface area contributed by atoms with Gasteiger partial charge in [-0.2, -0.15) is 0 Å². The predicted molar refractivity (Wildman–Crippen MR) is 53.5 cm³/mol. The van der Waals surface area contributed by atoms with Crippen molar-refractivity contribution in [1.29, 1.82) is 0 Å². The van der Waals surface area contributed by atoms with E-state index in [9.17, 15) is 4.91 Å². The lowest BCUT2D eigenvalue weighted by Gasteiger charge is -2.02. The van der Waals surface area contributed by atoms with E-state index in [1.807, 2.05) is 18.2 Å². The fourth-order valence-electron chi connectivity index (χ4n) is 0.885. The highest BCUT2D eigenvalue weighted by Crippen LogP contribution is 2.22. The average Bonchev–Trinajstić information content (AvgIpc) is 2.17. The van der Waals surface area contributed by atoms with E-state index in [1.54, 1.807) is 6.07 Å². The van der Waals surface area contributed by atoms with Crippen molar-refractivity contribution >= 4 is 27.5 Å². The van der Waals surface area contributed by atoms with E-state index in [1.165, 1.54) is 0 Å². The molecule has 1 aromatic rings. The van der Waals surface area contributed by atoms with Gasteiger partial charge in [-0.3, -0.25) is 0 Å². The molecule has 64 valence electrons. The highest BCUT2D eigenvalue weighted by Gasteiger charge is 2.06. The number of alkyl halides is 2. The molecule has 0 aliphatic rings. The van der Waals surface area contributed by atoms with E-state index in [0.29, 0.717) is 0 Å². The minimum absolute atomic E-state index is 0.739. The van der Waals surface area contributed by atoms with Crippen molar-refractivity contribution in [3.63, 3.8) is 0 Å². The number of nitrogens with zero attached hydrogens (tertiary/aromatic N) is 1. The van der Waals surface area contributed by atoms with Crippen molar-refractivity contribution in [2.24, 2.45) is 5.18 Å². The quantitative estimate of drug-likeness (QED) is 0.457. The van der Waals surface area contributed by atoms with Gasteiger partial charge < -0.3 is 0 Å². The SMILES string of the molecule is O=NC(Cl)c1cccc(CBr)c1. The Morgan fingerprint density at radius 1 is 1.58 bits per heavy atom. The van der Waals surface area contributed by atoms with Crippen molar-refractivity contribution in [2.75, 3.05) is 0 Å². The molecular formula is C8H7BrClNO. The largest absolute Gasteiger partial charge is 0.190 e. The molecule has 1 atom stereocenters. The van der Waals surface area contributed by atoms with Gasteiger partial charge >= 0.3 is 0 Å². The van der Waals surface area contributed by atoms with Gasteiger partial charge in [0.25, 0.3) is 0 Å². The van der Waals surface area contributed by atoms with Gasteiger partial charge in [-0.1, -0.05) is 51.8 Å². The molecule has 0 aliphatic carbocycles. The second kappa shape index (κ2) is 4.58. The molecule has 0 saturated heterocycles. The molecule has 0 saturated carbocycles. The van der Waals surface area contributed by atoms with E-state index in [-0.39, 0.29) is 0 Å². The molecule has 0 spiro atoms. The summed E-state index contributed by atoms with van der Waals surface area (Å²) < 4.78 is 0. The van der Waals surface area contributed by atoms with Crippen LogP contribution in [-0.4, -0.2) is 0 Å². The number of benzene rings is 1. The van der Waals surface area contributed by atoms with Crippen LogP contribution in [0, 0.1) is 4.91 Å². The molecule has 12 heavy (non-hydrogen) atoms. The summed E-state index contributed by atoms with van der Waals surface area (Å²) in [5.74, 6) is 0. The number of nitroso groups, excluding NO2 is 1. The third kappa shape index (κ3) is 2.29. The Hall–Kier alpha value is -0.410. The van der Waals surface area contributed by atoms with Crippen LogP contribution in [0.5, 0.6) is 0 Å². The monoisotopic (exact) mass is 247 g/mol. The molecule has 0 fully saturated rings. The maximum Gasteiger partial charge on any atom is 0.190 e. The summed E-state index contributed by atoms with van der Waals surface area (Å²) in [4.78, 5) is 10.1. The third-order valence-electron chi connectivity index (χ3n) is 1.47. The standard InChI is InChI=1S/C8H7BrClNO/c9-5-6-2-1-3-7(4-6)8(10)11-12/h1-4,8H,5H2. The van der Waals surface area contributed by atoms with Crippen molar-refractivity contribution in [3.05, 3.63) is 40.3 Å². The Labute approximate surface area is 84.0 Å². The molecular weight excluding hydrogens is 241 g/mol. The molecule has 0 N–H and O–H groups in total. The predicted octanol–water partition coefficient (Wildman–Crippen LogP) is 3.59. The van der Waals surface area contributed by atoms with Gasteiger partial charge in [-0.25, -0.2) is 0 Å². The first-order chi connectivity index (χ1) is 5.77. The van der Waals surface area contributed by atoms with Crippen molar-refractivity contribution in [1.82, 2.24) is 0 Å². The lowest BCUT2D eigenvalue weighted by Crippen LogP contribution is -1.86. The minimum atomic E-state index is -0.774. The molecule has 1 rings (SSSR count). The van der Waals surface area contributed by atoms with Gasteiger partial charge in [0.1, 0.15) is 0 Å². The van der Waals surface area contributed by atoms with Crippen LogP contribution >= 0.6 is 27.5 Å². The summed E-state index contributed by atoms with van der Waals surface area (Å²) in [6, 6.07) is 7.44. The molecule has 0 radical (unpaired) electrons. The highest BCUT2D eigenvalue weighted by molar-refractivity contribution is 9.08. The normalized spacial score (nSPS) is 12.5. The fourth-order valence-corrected chi connectivity index (χ4v) is 1.37. The van der Waals surface area contributed by atoms with Crippen LogP contribution in [0.2, 0.25) is 0 Å². The Morgan fingerprint density at radius 3 is 2.92 bits per heavy atom. The van der Waals surface area contributed by atoms with Gasteiger partial charge in [0.2, 0.25) is 0 Å². The summed E-state index contributed by atoms with van der Waals surface area (Å²) in [7, 11) is 0. The number of halogens is 2. The number of rotatable bonds is 3. The van der Waals surface area contributed by atoms with E-state index in [4.69, 9.17) is 11.6 Å². The van der Waals surface area contributed by atoms with E-state index >= 15 is 0 Å². The van der Waals surface area contributed by atoms with Crippen molar-refractivity contribution in [3.8, 4) is 0 Å². The maximum atomic E-state index is 10.1. The molecule has 4 heteroatoms. The van der Waals surface area contributed by atoms with Crippen molar-refractivity contribution < 1.29 is 0 Å². The van der Waals surface area contributed by atoms with Gasteiger partial charge in [0.15, 0.2) is 5.50 Å². The van der Waals surface area contributed by atoms with Crippen LogP contribution in [0.25, 0.3) is 0 Å². The topological polar surface area (TPSA) is 29.4 Å². The van der Waals surface area contributed by atoms with E-state index < -0.39 is 5.50 Å². The van der Waals surface area contributed by atoms with Crippen LogP contribution in [0.1, 0.15) is 16.6 Å². The van der Waals surface area contributed by atoms with Crippen molar-refractivity contribution in [2.45, 2.75) is 10.8 Å². The Kier molecular flexibility index (Phi) is 3.69. The van der Waals surface area contributed by atoms with Crippen LogP contribution in [0.15, 0.2) is 29.4 Å². The Morgan fingerprint density at radius 2 is 2.33 bits per heavy atom. The summed E-state index contributed by atoms with van der Waals surface area (Å²) in [5.41, 5.74) is 1.05. The molecule has 0 aromatic heterocycles. The van der Waals surface area contributed by atoms with Crippen LogP contribution in [0.4, 0.5) is 0 Å². The second-order valence-corrected chi connectivity index (χ2v) is 3.29. The molecule has 1 unspecified atom stereocenters. The lowest BCUT2D eigenvalue weighted by molar-refractivity contribution is 1.00. The highest BCUT2D eigenvalue weighted by atomic mass is 79.9. The smallest absolute Gasteiger partial charge is 0.149 e. The summed E-state index contributed by atoms with van der Waals surface area (Å²) in [6.07, 6.45) is 0. The van der Waals surface area contributed by atoms with Crippen LogP contribution in [0.3, 0.4) is 0 Å². The fraction of sp³-hybridized carbons (Fsp3) is 0.250. The third-order valence-corrected chi connectivity index (χ3v) is 2.45. The van der Waals surface area contributed by atoms with Gasteiger partial charge in [-0.05, 0) is 16.3 Å². The maximum absolute atomic E-state index is 10.1. The molecule has 0 bridgehead atoms. The molecule has 0 heterocycles. The average molecular weight is 249 g/mol. The Bertz CT molecular complexity index is 280. The van der Waals surface area contributed by atoms with Crippen LogP contribution < -0.4 is 0 Å². The number of hydrogen-bond donors (Lipinski definition) is 0.